The van der Waals surface area contributed by atoms with Crippen molar-refractivity contribution in [1.82, 2.24) is 4.57 Å². The molecule has 12 rings (SSSR count). The zero-order valence-corrected chi connectivity index (χ0v) is 35.3. The molecule has 0 saturated heterocycles. The van der Waals surface area contributed by atoms with Crippen molar-refractivity contribution < 1.29 is 0 Å². The molecule has 0 aliphatic heterocycles. The van der Waals surface area contributed by atoms with E-state index in [9.17, 15) is 0 Å². The molecule has 2 heteroatoms. The Labute approximate surface area is 368 Å². The number of rotatable bonds is 7. The monoisotopic (exact) mass is 804 g/mol. The van der Waals surface area contributed by atoms with Crippen molar-refractivity contribution in [3.63, 3.8) is 0 Å². The van der Waals surface area contributed by atoms with Crippen LogP contribution in [0.3, 0.4) is 0 Å². The highest BCUT2D eigenvalue weighted by Crippen LogP contribution is 2.51. The standard InChI is InChI=1S/C61H44N2/c1-61(2)56-24-14-13-23-53(56)54-38-36-51(40-57(54)61)62(49-32-27-42(28-33-49)47-26-25-41-15-9-10-19-46(41)39-47)50-34-29-44(30-35-50)58-55-37-31-43-16-11-12-22-52(43)60(55)63(48-20-7-4-8-21-48)59(58)45-17-5-3-6-18-45/h3-40H,1-2H3. The summed E-state index contributed by atoms with van der Waals surface area (Å²) < 4.78 is 2.48. The Balaban J connectivity index is 1.03. The number of para-hydroxylation sites is 1. The molecule has 10 aromatic carbocycles. The van der Waals surface area contributed by atoms with Crippen LogP contribution >= 0.6 is 0 Å². The van der Waals surface area contributed by atoms with Gasteiger partial charge in [0, 0.05) is 44.5 Å². The summed E-state index contributed by atoms with van der Waals surface area (Å²) in [5, 5.41) is 6.19. The summed E-state index contributed by atoms with van der Waals surface area (Å²) in [5.41, 5.74) is 18.1. The van der Waals surface area contributed by atoms with Crippen molar-refractivity contribution >= 4 is 49.5 Å². The van der Waals surface area contributed by atoms with E-state index in [2.05, 4.69) is 254 Å². The molecule has 1 heterocycles. The number of hydrogen-bond donors (Lipinski definition) is 0. The third-order valence-electron chi connectivity index (χ3n) is 13.4. The fraction of sp³-hybridized carbons (Fsp3) is 0.0492. The average molecular weight is 805 g/mol. The summed E-state index contributed by atoms with van der Waals surface area (Å²) in [7, 11) is 0. The van der Waals surface area contributed by atoms with Crippen molar-refractivity contribution in [2.75, 3.05) is 4.90 Å². The number of anilines is 3. The maximum Gasteiger partial charge on any atom is 0.0619 e. The minimum Gasteiger partial charge on any atom is -0.310 e. The second-order valence-corrected chi connectivity index (χ2v) is 17.3. The largest absolute Gasteiger partial charge is 0.310 e. The van der Waals surface area contributed by atoms with Gasteiger partial charge in [-0.25, -0.2) is 0 Å². The van der Waals surface area contributed by atoms with E-state index >= 15 is 0 Å². The fourth-order valence-corrected chi connectivity index (χ4v) is 10.3. The Hall–Kier alpha value is -7.94. The van der Waals surface area contributed by atoms with Crippen molar-refractivity contribution in [1.29, 1.82) is 0 Å². The van der Waals surface area contributed by atoms with E-state index in [0.717, 1.165) is 22.7 Å². The number of benzene rings is 10. The van der Waals surface area contributed by atoms with Gasteiger partial charge in [-0.3, -0.25) is 0 Å². The first-order valence-electron chi connectivity index (χ1n) is 21.9. The van der Waals surface area contributed by atoms with Gasteiger partial charge in [0.1, 0.15) is 0 Å². The smallest absolute Gasteiger partial charge is 0.0619 e. The van der Waals surface area contributed by atoms with Gasteiger partial charge in [0.2, 0.25) is 0 Å². The molecule has 298 valence electrons. The van der Waals surface area contributed by atoms with Crippen LogP contribution in [0.4, 0.5) is 17.1 Å². The van der Waals surface area contributed by atoms with Crippen molar-refractivity contribution in [3.05, 3.63) is 242 Å². The van der Waals surface area contributed by atoms with Gasteiger partial charge >= 0.3 is 0 Å². The molecule has 63 heavy (non-hydrogen) atoms. The van der Waals surface area contributed by atoms with Gasteiger partial charge in [-0.1, -0.05) is 190 Å². The lowest BCUT2D eigenvalue weighted by molar-refractivity contribution is 0.660. The van der Waals surface area contributed by atoms with E-state index in [-0.39, 0.29) is 5.41 Å². The molecule has 1 aliphatic carbocycles. The van der Waals surface area contributed by atoms with E-state index in [4.69, 9.17) is 0 Å². The molecule has 0 unspecified atom stereocenters. The average Bonchev–Trinajstić information content (AvgIpc) is 3.81. The number of fused-ring (bicyclic) bond motifs is 7. The topological polar surface area (TPSA) is 8.17 Å². The maximum atomic E-state index is 2.48. The SMILES string of the molecule is CC1(C)c2ccccc2-c2ccc(N(c3ccc(-c4ccc5ccccc5c4)cc3)c3ccc(-c4c(-c5ccccc5)n(-c5ccccc5)c5c4ccc4ccccc45)cc3)cc21. The Morgan fingerprint density at radius 3 is 1.70 bits per heavy atom. The van der Waals surface area contributed by atoms with Crippen LogP contribution in [-0.4, -0.2) is 4.57 Å². The lowest BCUT2D eigenvalue weighted by atomic mass is 9.82. The van der Waals surface area contributed by atoms with Gasteiger partial charge in [0.15, 0.2) is 0 Å². The predicted molar refractivity (Wildman–Crippen MR) is 267 cm³/mol. The third kappa shape index (κ3) is 6.02. The van der Waals surface area contributed by atoms with Crippen molar-refractivity contribution in [3.8, 4) is 50.3 Å². The number of aromatic nitrogens is 1. The molecule has 1 aliphatic rings. The van der Waals surface area contributed by atoms with Gasteiger partial charge in [-0.15, -0.1) is 0 Å². The fourth-order valence-electron chi connectivity index (χ4n) is 10.3. The van der Waals surface area contributed by atoms with Crippen LogP contribution < -0.4 is 4.90 Å². The van der Waals surface area contributed by atoms with Crippen LogP contribution in [-0.2, 0) is 5.41 Å². The van der Waals surface area contributed by atoms with Gasteiger partial charge < -0.3 is 9.47 Å². The Bertz CT molecular complexity index is 3500. The van der Waals surface area contributed by atoms with Crippen LogP contribution in [0.15, 0.2) is 231 Å². The Kier molecular flexibility index (Phi) is 8.55. The highest BCUT2D eigenvalue weighted by atomic mass is 15.1. The van der Waals surface area contributed by atoms with Crippen LogP contribution in [0.2, 0.25) is 0 Å². The molecule has 0 fully saturated rings. The summed E-state index contributed by atoms with van der Waals surface area (Å²) in [6.45, 7) is 4.72. The minimum atomic E-state index is -0.123. The normalized spacial score (nSPS) is 12.7. The summed E-state index contributed by atoms with van der Waals surface area (Å²) in [5.74, 6) is 0. The van der Waals surface area contributed by atoms with E-state index in [1.807, 2.05) is 0 Å². The summed E-state index contributed by atoms with van der Waals surface area (Å²) in [4.78, 5) is 2.42. The lowest BCUT2D eigenvalue weighted by Gasteiger charge is -2.28. The van der Waals surface area contributed by atoms with E-state index in [0.29, 0.717) is 0 Å². The van der Waals surface area contributed by atoms with Crippen LogP contribution in [0.1, 0.15) is 25.0 Å². The number of hydrogen-bond acceptors (Lipinski definition) is 1. The number of nitrogens with zero attached hydrogens (tertiary/aromatic N) is 2. The molecule has 11 aromatic rings. The molecule has 0 amide bonds. The molecule has 0 atom stereocenters. The second kappa shape index (κ2) is 14.6. The highest BCUT2D eigenvalue weighted by Gasteiger charge is 2.36. The summed E-state index contributed by atoms with van der Waals surface area (Å²) in [6.07, 6.45) is 0. The van der Waals surface area contributed by atoms with Gasteiger partial charge in [0.05, 0.1) is 11.2 Å². The zero-order chi connectivity index (χ0) is 42.1. The van der Waals surface area contributed by atoms with Crippen molar-refractivity contribution in [2.45, 2.75) is 19.3 Å². The van der Waals surface area contributed by atoms with E-state index < -0.39 is 0 Å². The molecule has 0 radical (unpaired) electrons. The molecule has 2 nitrogen and oxygen atoms in total. The molecular weight excluding hydrogens is 761 g/mol. The van der Waals surface area contributed by atoms with Crippen molar-refractivity contribution in [2.24, 2.45) is 0 Å². The minimum absolute atomic E-state index is 0.123. The molecule has 0 N–H and O–H groups in total. The highest BCUT2D eigenvalue weighted by molar-refractivity contribution is 6.16. The predicted octanol–water partition coefficient (Wildman–Crippen LogP) is 16.7. The second-order valence-electron chi connectivity index (χ2n) is 17.3. The lowest BCUT2D eigenvalue weighted by Crippen LogP contribution is -2.16. The van der Waals surface area contributed by atoms with Gasteiger partial charge in [-0.2, -0.15) is 0 Å². The first-order valence-corrected chi connectivity index (χ1v) is 21.9. The van der Waals surface area contributed by atoms with Crippen LogP contribution in [0, 0.1) is 0 Å². The first-order chi connectivity index (χ1) is 31.0. The molecule has 0 spiro atoms. The maximum absolute atomic E-state index is 2.48. The summed E-state index contributed by atoms with van der Waals surface area (Å²) >= 11 is 0. The third-order valence-corrected chi connectivity index (χ3v) is 13.4. The molecular formula is C61H44N2. The summed E-state index contributed by atoms with van der Waals surface area (Å²) in [6, 6.07) is 84.7. The molecule has 0 saturated carbocycles. The molecule has 0 bridgehead atoms. The van der Waals surface area contributed by atoms with Gasteiger partial charge in [-0.05, 0) is 115 Å². The first kappa shape index (κ1) is 36.9. The van der Waals surface area contributed by atoms with Gasteiger partial charge in [0.25, 0.3) is 0 Å². The Morgan fingerprint density at radius 1 is 0.365 bits per heavy atom. The Morgan fingerprint density at radius 2 is 0.937 bits per heavy atom. The van der Waals surface area contributed by atoms with E-state index in [1.165, 1.54) is 88.2 Å². The molecule has 1 aromatic heterocycles. The van der Waals surface area contributed by atoms with Crippen LogP contribution in [0.5, 0.6) is 0 Å². The zero-order valence-electron chi connectivity index (χ0n) is 35.3. The van der Waals surface area contributed by atoms with E-state index in [1.54, 1.807) is 0 Å². The quantitative estimate of drug-likeness (QED) is 0.156. The van der Waals surface area contributed by atoms with Crippen LogP contribution in [0.25, 0.3) is 82.8 Å².